The smallest absolute Gasteiger partial charge is 0.420 e. The largest absolute Gasteiger partial charge is 0.465 e. The number of carbonyl (C=O) groups excluding carboxylic acids is 3. The Hall–Kier alpha value is -3.40. The third-order valence-corrected chi connectivity index (χ3v) is 5.63. The summed E-state index contributed by atoms with van der Waals surface area (Å²) in [4.78, 5) is 49.6. The molecule has 1 amide bonds. The highest BCUT2D eigenvalue weighted by Gasteiger charge is 2.23. The van der Waals surface area contributed by atoms with Crippen molar-refractivity contribution in [1.29, 1.82) is 0 Å². The summed E-state index contributed by atoms with van der Waals surface area (Å²) in [6.07, 6.45) is 0. The standard InChI is InChI=1S/C20H20N2O7S/c1-5-28-19(25)16-10(2)11(3)30-17(16)21-15(23)9-22-13-7-6-12(18(24)27-4)8-14(13)29-20(22)26/h6-8H,5,9H2,1-4H3,(H,21,23). The Kier molecular flexibility index (Phi) is 6.06. The fourth-order valence-electron chi connectivity index (χ4n) is 2.93. The first-order valence-electron chi connectivity index (χ1n) is 9.05. The maximum Gasteiger partial charge on any atom is 0.420 e. The minimum atomic E-state index is -0.744. The third kappa shape index (κ3) is 3.99. The van der Waals surface area contributed by atoms with Gasteiger partial charge in [0.1, 0.15) is 11.5 Å². The molecule has 0 unspecified atom stereocenters. The van der Waals surface area contributed by atoms with Crippen LogP contribution in [0.5, 0.6) is 0 Å². The van der Waals surface area contributed by atoms with E-state index in [1.807, 2.05) is 6.92 Å². The van der Waals surface area contributed by atoms with Gasteiger partial charge in [-0.3, -0.25) is 9.36 Å². The summed E-state index contributed by atoms with van der Waals surface area (Å²) in [5.41, 5.74) is 1.77. The van der Waals surface area contributed by atoms with Gasteiger partial charge in [-0.15, -0.1) is 11.3 Å². The van der Waals surface area contributed by atoms with Gasteiger partial charge in [-0.1, -0.05) is 0 Å². The minimum absolute atomic E-state index is 0.158. The number of aromatic nitrogens is 1. The number of nitrogens with one attached hydrogen (secondary N) is 1. The highest BCUT2D eigenvalue weighted by molar-refractivity contribution is 7.16. The molecule has 158 valence electrons. The number of nitrogens with zero attached hydrogens (tertiary/aromatic N) is 1. The van der Waals surface area contributed by atoms with Crippen molar-refractivity contribution in [3.05, 3.63) is 50.3 Å². The number of esters is 2. The van der Waals surface area contributed by atoms with Gasteiger partial charge in [-0.05, 0) is 44.5 Å². The van der Waals surface area contributed by atoms with Crippen molar-refractivity contribution in [3.63, 3.8) is 0 Å². The van der Waals surface area contributed by atoms with Crippen LogP contribution in [-0.4, -0.2) is 36.1 Å². The zero-order valence-electron chi connectivity index (χ0n) is 16.9. The van der Waals surface area contributed by atoms with Crippen LogP contribution in [0.2, 0.25) is 0 Å². The van der Waals surface area contributed by atoms with E-state index in [1.165, 1.54) is 36.6 Å². The number of thiophene rings is 1. The molecule has 30 heavy (non-hydrogen) atoms. The van der Waals surface area contributed by atoms with Crippen molar-refractivity contribution in [2.24, 2.45) is 0 Å². The van der Waals surface area contributed by atoms with Crippen LogP contribution in [0.3, 0.4) is 0 Å². The van der Waals surface area contributed by atoms with E-state index in [1.54, 1.807) is 13.8 Å². The Morgan fingerprint density at radius 3 is 2.60 bits per heavy atom. The van der Waals surface area contributed by atoms with Crippen LogP contribution in [0.4, 0.5) is 5.00 Å². The minimum Gasteiger partial charge on any atom is -0.465 e. The van der Waals surface area contributed by atoms with Crippen molar-refractivity contribution < 1.29 is 28.3 Å². The lowest BCUT2D eigenvalue weighted by atomic mass is 10.1. The van der Waals surface area contributed by atoms with Crippen molar-refractivity contribution in [2.45, 2.75) is 27.3 Å². The monoisotopic (exact) mass is 432 g/mol. The van der Waals surface area contributed by atoms with Gasteiger partial charge in [0.25, 0.3) is 0 Å². The molecular weight excluding hydrogens is 412 g/mol. The molecule has 2 aromatic heterocycles. The van der Waals surface area contributed by atoms with Gasteiger partial charge in [0, 0.05) is 4.88 Å². The number of amides is 1. The Bertz CT molecular complexity index is 1200. The number of benzene rings is 1. The molecule has 10 heteroatoms. The maximum absolute atomic E-state index is 12.6. The Labute approximate surface area is 175 Å². The molecule has 0 atom stereocenters. The molecular formula is C20H20N2O7S. The van der Waals surface area contributed by atoms with Crippen LogP contribution in [0.25, 0.3) is 11.1 Å². The van der Waals surface area contributed by atoms with E-state index in [-0.39, 0.29) is 24.3 Å². The van der Waals surface area contributed by atoms with Gasteiger partial charge in [0.05, 0.1) is 30.4 Å². The second-order valence-electron chi connectivity index (χ2n) is 6.38. The molecule has 0 spiro atoms. The molecule has 0 bridgehead atoms. The SMILES string of the molecule is CCOC(=O)c1c(NC(=O)Cn2c(=O)oc3cc(C(=O)OC)ccc32)sc(C)c1C. The van der Waals surface area contributed by atoms with Gasteiger partial charge < -0.3 is 19.2 Å². The Morgan fingerprint density at radius 2 is 1.93 bits per heavy atom. The van der Waals surface area contributed by atoms with Crippen molar-refractivity contribution in [2.75, 3.05) is 19.0 Å². The highest BCUT2D eigenvalue weighted by Crippen LogP contribution is 2.33. The summed E-state index contributed by atoms with van der Waals surface area (Å²) in [5, 5.41) is 3.05. The van der Waals surface area contributed by atoms with E-state index >= 15 is 0 Å². The predicted molar refractivity (Wildman–Crippen MR) is 110 cm³/mol. The molecule has 0 radical (unpaired) electrons. The van der Waals surface area contributed by atoms with E-state index in [0.29, 0.717) is 16.1 Å². The van der Waals surface area contributed by atoms with Gasteiger partial charge in [-0.25, -0.2) is 14.4 Å². The molecule has 1 aromatic carbocycles. The number of oxazole rings is 1. The summed E-state index contributed by atoms with van der Waals surface area (Å²) in [7, 11) is 1.25. The first-order chi connectivity index (χ1) is 14.3. The molecule has 0 saturated heterocycles. The number of anilines is 1. The normalized spacial score (nSPS) is 10.8. The highest BCUT2D eigenvalue weighted by atomic mass is 32.1. The van der Waals surface area contributed by atoms with Crippen molar-refractivity contribution in [1.82, 2.24) is 4.57 Å². The number of hydrogen-bond acceptors (Lipinski definition) is 8. The molecule has 0 aliphatic rings. The van der Waals surface area contributed by atoms with Gasteiger partial charge in [-0.2, -0.15) is 0 Å². The van der Waals surface area contributed by atoms with Gasteiger partial charge in [0.15, 0.2) is 5.58 Å². The molecule has 3 aromatic rings. The average Bonchev–Trinajstić information content (AvgIpc) is 3.16. The van der Waals surface area contributed by atoms with E-state index < -0.39 is 23.6 Å². The number of carbonyl (C=O) groups is 3. The van der Waals surface area contributed by atoms with E-state index in [0.717, 1.165) is 15.0 Å². The molecule has 0 fully saturated rings. The number of aryl methyl sites for hydroxylation is 1. The van der Waals surface area contributed by atoms with Gasteiger partial charge >= 0.3 is 17.7 Å². The van der Waals surface area contributed by atoms with Gasteiger partial charge in [0.2, 0.25) is 5.91 Å². The zero-order chi connectivity index (χ0) is 22.0. The van der Waals surface area contributed by atoms with Crippen LogP contribution >= 0.6 is 11.3 Å². The number of methoxy groups -OCH3 is 1. The zero-order valence-corrected chi connectivity index (χ0v) is 17.7. The summed E-state index contributed by atoms with van der Waals surface area (Å²) < 4.78 is 16.0. The number of ether oxygens (including phenoxy) is 2. The van der Waals surface area contributed by atoms with E-state index in [9.17, 15) is 19.2 Å². The first-order valence-corrected chi connectivity index (χ1v) is 9.87. The number of fused-ring (bicyclic) bond motifs is 1. The lowest BCUT2D eigenvalue weighted by Gasteiger charge is -2.07. The van der Waals surface area contributed by atoms with Crippen LogP contribution in [0, 0.1) is 13.8 Å². The quantitative estimate of drug-likeness (QED) is 0.595. The second-order valence-corrected chi connectivity index (χ2v) is 7.61. The fraction of sp³-hybridized carbons (Fsp3) is 0.300. The third-order valence-electron chi connectivity index (χ3n) is 4.51. The molecule has 0 saturated carbocycles. The van der Waals surface area contributed by atoms with E-state index in [2.05, 4.69) is 10.1 Å². The molecule has 3 rings (SSSR count). The molecule has 9 nitrogen and oxygen atoms in total. The Balaban J connectivity index is 1.87. The molecule has 0 aliphatic heterocycles. The lowest BCUT2D eigenvalue weighted by molar-refractivity contribution is -0.116. The topological polar surface area (TPSA) is 117 Å². The van der Waals surface area contributed by atoms with Crippen LogP contribution in [0.1, 0.15) is 38.1 Å². The maximum atomic E-state index is 12.6. The van der Waals surface area contributed by atoms with Crippen LogP contribution in [-0.2, 0) is 20.8 Å². The average molecular weight is 432 g/mol. The summed E-state index contributed by atoms with van der Waals surface area (Å²) in [6, 6.07) is 4.35. The molecule has 1 N–H and O–H groups in total. The first kappa shape index (κ1) is 21.3. The fourth-order valence-corrected chi connectivity index (χ4v) is 4.00. The lowest BCUT2D eigenvalue weighted by Crippen LogP contribution is -2.25. The summed E-state index contributed by atoms with van der Waals surface area (Å²) in [6.45, 7) is 5.20. The van der Waals surface area contributed by atoms with E-state index in [4.69, 9.17) is 9.15 Å². The summed E-state index contributed by atoms with van der Waals surface area (Å²) >= 11 is 1.26. The Morgan fingerprint density at radius 1 is 1.20 bits per heavy atom. The number of hydrogen-bond donors (Lipinski definition) is 1. The number of rotatable bonds is 6. The summed E-state index contributed by atoms with van der Waals surface area (Å²) in [5.74, 6) is -2.34. The van der Waals surface area contributed by atoms with Crippen molar-refractivity contribution >= 4 is 45.3 Å². The molecule has 0 aliphatic carbocycles. The van der Waals surface area contributed by atoms with Crippen LogP contribution in [0.15, 0.2) is 27.4 Å². The predicted octanol–water partition coefficient (Wildman–Crippen LogP) is 2.87. The second kappa shape index (κ2) is 8.54. The van der Waals surface area contributed by atoms with Crippen LogP contribution < -0.4 is 11.1 Å². The molecule has 2 heterocycles. The van der Waals surface area contributed by atoms with Crippen molar-refractivity contribution in [3.8, 4) is 0 Å².